The van der Waals surface area contributed by atoms with Crippen LogP contribution in [0.1, 0.15) is 86.1 Å². The fourth-order valence-corrected chi connectivity index (χ4v) is 3.95. The largest absolute Gasteiger partial charge is 0.478 e. The first-order chi connectivity index (χ1) is 13.5. The number of aliphatic hydroxyl groups excluding tert-OH is 1. The summed E-state index contributed by atoms with van der Waals surface area (Å²) in [4.78, 5) is 11.0. The molecule has 3 nitrogen and oxygen atoms in total. The van der Waals surface area contributed by atoms with E-state index in [1.807, 2.05) is 32.1 Å². The molecule has 0 amide bonds. The van der Waals surface area contributed by atoms with Crippen LogP contribution in [0, 0.1) is 6.92 Å². The van der Waals surface area contributed by atoms with Gasteiger partial charge in [-0.25, -0.2) is 4.79 Å². The summed E-state index contributed by atoms with van der Waals surface area (Å²) in [6.45, 7) is 14.7. The van der Waals surface area contributed by atoms with E-state index in [9.17, 15) is 9.90 Å². The van der Waals surface area contributed by atoms with Gasteiger partial charge in [0.15, 0.2) is 0 Å². The Hall–Kier alpha value is -2.39. The van der Waals surface area contributed by atoms with Crippen LogP contribution in [0.15, 0.2) is 36.4 Å². The van der Waals surface area contributed by atoms with Gasteiger partial charge in [0.2, 0.25) is 0 Å². The number of fused-ring (bicyclic) bond motifs is 1. The van der Waals surface area contributed by atoms with Crippen LogP contribution in [-0.2, 0) is 10.8 Å². The molecule has 0 spiro atoms. The van der Waals surface area contributed by atoms with Crippen molar-refractivity contribution in [2.75, 3.05) is 0 Å². The van der Waals surface area contributed by atoms with Gasteiger partial charge in [0.1, 0.15) is 0 Å². The maximum atomic E-state index is 11.0. The van der Waals surface area contributed by atoms with Crippen molar-refractivity contribution in [3.63, 3.8) is 0 Å². The van der Waals surface area contributed by atoms with Crippen molar-refractivity contribution in [1.82, 2.24) is 0 Å². The lowest BCUT2D eigenvalue weighted by Gasteiger charge is -2.45. The molecule has 1 unspecified atom stereocenters. The topological polar surface area (TPSA) is 57.5 Å². The van der Waals surface area contributed by atoms with E-state index in [0.717, 1.165) is 17.5 Å². The smallest absolute Gasteiger partial charge is 0.335 e. The molecule has 2 N–H and O–H groups in total. The fraction of sp³-hybridized carbons (Fsp3) is 0.423. The summed E-state index contributed by atoms with van der Waals surface area (Å²) in [5.41, 5.74) is 5.76. The SMILES string of the molecule is CC.Cc1cc2c(cc1/C=C/c1ccc(C(=O)O)cc1)C(C)(C)CC(O)C2(C)C. The van der Waals surface area contributed by atoms with Crippen LogP contribution in [0.2, 0.25) is 0 Å². The van der Waals surface area contributed by atoms with Crippen molar-refractivity contribution in [1.29, 1.82) is 0 Å². The highest BCUT2D eigenvalue weighted by Gasteiger charge is 2.43. The molecular formula is C26H34O3. The number of carbonyl (C=O) groups is 1. The molecule has 3 heteroatoms. The number of hydrogen-bond acceptors (Lipinski definition) is 2. The zero-order valence-electron chi connectivity index (χ0n) is 18.7. The highest BCUT2D eigenvalue weighted by atomic mass is 16.4. The molecule has 0 fully saturated rings. The molecule has 0 aliphatic heterocycles. The molecule has 0 heterocycles. The zero-order chi connectivity index (χ0) is 22.0. The number of rotatable bonds is 3. The van der Waals surface area contributed by atoms with E-state index >= 15 is 0 Å². The first-order valence-electron chi connectivity index (χ1n) is 10.4. The molecular weight excluding hydrogens is 360 g/mol. The van der Waals surface area contributed by atoms with Gasteiger partial charge in [0, 0.05) is 5.41 Å². The molecule has 3 rings (SSSR count). The van der Waals surface area contributed by atoms with Gasteiger partial charge in [-0.2, -0.15) is 0 Å². The summed E-state index contributed by atoms with van der Waals surface area (Å²) in [5.74, 6) is -0.914. The molecule has 1 aliphatic carbocycles. The minimum Gasteiger partial charge on any atom is -0.478 e. The number of benzene rings is 2. The lowest BCUT2D eigenvalue weighted by molar-refractivity contribution is 0.0582. The third-order valence-electron chi connectivity index (χ3n) is 5.98. The number of hydrogen-bond donors (Lipinski definition) is 2. The second-order valence-electron chi connectivity index (χ2n) is 8.84. The van der Waals surface area contributed by atoms with Gasteiger partial charge < -0.3 is 10.2 Å². The fourth-order valence-electron chi connectivity index (χ4n) is 3.95. The van der Waals surface area contributed by atoms with Crippen LogP contribution in [-0.4, -0.2) is 22.3 Å². The summed E-state index contributed by atoms with van der Waals surface area (Å²) >= 11 is 0. The molecule has 0 aromatic heterocycles. The number of carboxylic acids is 1. The van der Waals surface area contributed by atoms with E-state index < -0.39 is 5.97 Å². The normalized spacial score (nSPS) is 19.2. The molecule has 156 valence electrons. The summed E-state index contributed by atoms with van der Waals surface area (Å²) < 4.78 is 0. The molecule has 2 aromatic carbocycles. The molecule has 0 saturated carbocycles. The molecule has 29 heavy (non-hydrogen) atoms. The molecule has 1 aliphatic rings. The number of aliphatic hydroxyl groups is 1. The minimum atomic E-state index is -0.914. The predicted octanol–water partition coefficient (Wildman–Crippen LogP) is 6.21. The Labute approximate surface area is 175 Å². The van der Waals surface area contributed by atoms with E-state index in [-0.39, 0.29) is 16.9 Å². The van der Waals surface area contributed by atoms with E-state index in [0.29, 0.717) is 5.56 Å². The van der Waals surface area contributed by atoms with Crippen molar-refractivity contribution in [3.05, 3.63) is 69.8 Å². The first kappa shape index (κ1) is 22.9. The van der Waals surface area contributed by atoms with Crippen LogP contribution in [0.5, 0.6) is 0 Å². The number of carboxylic acid groups (broad SMARTS) is 1. The third kappa shape index (κ3) is 4.62. The van der Waals surface area contributed by atoms with Gasteiger partial charge in [0.25, 0.3) is 0 Å². The zero-order valence-corrected chi connectivity index (χ0v) is 18.7. The van der Waals surface area contributed by atoms with Crippen LogP contribution >= 0.6 is 0 Å². The Morgan fingerprint density at radius 1 is 1.00 bits per heavy atom. The Bertz CT molecular complexity index is 902. The third-order valence-corrected chi connectivity index (χ3v) is 5.98. The quantitative estimate of drug-likeness (QED) is 0.609. The summed E-state index contributed by atoms with van der Waals surface area (Å²) in [7, 11) is 0. The van der Waals surface area contributed by atoms with E-state index in [2.05, 4.69) is 52.8 Å². The van der Waals surface area contributed by atoms with Gasteiger partial charge in [-0.3, -0.25) is 0 Å². The van der Waals surface area contributed by atoms with Crippen molar-refractivity contribution in [2.24, 2.45) is 0 Å². The lowest BCUT2D eigenvalue weighted by atomic mass is 9.61. The molecule has 1 atom stereocenters. The van der Waals surface area contributed by atoms with Crippen LogP contribution in [0.4, 0.5) is 0 Å². The van der Waals surface area contributed by atoms with Crippen LogP contribution < -0.4 is 0 Å². The number of aryl methyl sites for hydroxylation is 1. The Balaban J connectivity index is 0.00000145. The maximum Gasteiger partial charge on any atom is 0.335 e. The number of aromatic carboxylic acids is 1. The summed E-state index contributed by atoms with van der Waals surface area (Å²) in [6, 6.07) is 11.3. The van der Waals surface area contributed by atoms with E-state index in [1.54, 1.807) is 12.1 Å². The van der Waals surface area contributed by atoms with Gasteiger partial charge in [-0.15, -0.1) is 0 Å². The van der Waals surface area contributed by atoms with Gasteiger partial charge in [-0.1, -0.05) is 78.0 Å². The Morgan fingerprint density at radius 3 is 2.14 bits per heavy atom. The first-order valence-corrected chi connectivity index (χ1v) is 10.4. The Morgan fingerprint density at radius 2 is 1.59 bits per heavy atom. The van der Waals surface area contributed by atoms with Crippen molar-refractivity contribution in [3.8, 4) is 0 Å². The monoisotopic (exact) mass is 394 g/mol. The second kappa shape index (κ2) is 8.54. The molecule has 0 radical (unpaired) electrons. The minimum absolute atomic E-state index is 0.0797. The molecule has 0 bridgehead atoms. The van der Waals surface area contributed by atoms with Crippen molar-refractivity contribution < 1.29 is 15.0 Å². The highest BCUT2D eigenvalue weighted by Crippen LogP contribution is 2.46. The second-order valence-corrected chi connectivity index (χ2v) is 8.84. The summed E-state index contributed by atoms with van der Waals surface area (Å²) in [5, 5.41) is 19.6. The van der Waals surface area contributed by atoms with E-state index in [1.165, 1.54) is 16.7 Å². The standard InChI is InChI=1S/C24H28O3.C2H6/c1-15-12-20-19(23(2,3)14-21(25)24(20,4)5)13-18(15)11-8-16-6-9-17(10-7-16)22(26)27;1-2/h6-13,21,25H,14H2,1-5H3,(H,26,27);1-2H3/b11-8+;. The lowest BCUT2D eigenvalue weighted by Crippen LogP contribution is -2.45. The van der Waals surface area contributed by atoms with E-state index in [4.69, 9.17) is 5.11 Å². The molecule has 0 saturated heterocycles. The summed E-state index contributed by atoms with van der Waals surface area (Å²) in [6.07, 6.45) is 4.49. The predicted molar refractivity (Wildman–Crippen MR) is 122 cm³/mol. The van der Waals surface area contributed by atoms with Gasteiger partial charge in [-0.05, 0) is 58.7 Å². The average Bonchev–Trinajstić information content (AvgIpc) is 2.67. The van der Waals surface area contributed by atoms with Crippen LogP contribution in [0.3, 0.4) is 0 Å². The molecule has 2 aromatic rings. The van der Waals surface area contributed by atoms with Crippen molar-refractivity contribution >= 4 is 18.1 Å². The maximum absolute atomic E-state index is 11.0. The highest BCUT2D eigenvalue weighted by molar-refractivity contribution is 5.88. The Kier molecular flexibility index (Phi) is 6.74. The van der Waals surface area contributed by atoms with Crippen molar-refractivity contribution in [2.45, 2.75) is 71.8 Å². The van der Waals surface area contributed by atoms with Crippen LogP contribution in [0.25, 0.3) is 12.2 Å². The van der Waals surface area contributed by atoms with Gasteiger partial charge >= 0.3 is 5.97 Å². The van der Waals surface area contributed by atoms with Gasteiger partial charge in [0.05, 0.1) is 11.7 Å². The average molecular weight is 395 g/mol.